The highest BCUT2D eigenvalue weighted by molar-refractivity contribution is 9.10. The van der Waals surface area contributed by atoms with Gasteiger partial charge in [0.15, 0.2) is 0 Å². The van der Waals surface area contributed by atoms with Crippen LogP contribution in [0.25, 0.3) is 0 Å². The Morgan fingerprint density at radius 1 is 1.26 bits per heavy atom. The van der Waals surface area contributed by atoms with Crippen LogP contribution < -0.4 is 10.2 Å². The zero-order valence-corrected chi connectivity index (χ0v) is 14.3. The molecular formula is C16H17BrN4O2. The lowest BCUT2D eigenvalue weighted by Crippen LogP contribution is -2.37. The average molecular weight is 377 g/mol. The number of hydrogen-bond donors (Lipinski definition) is 1. The first kappa shape index (κ1) is 15.9. The maximum absolute atomic E-state index is 12.3. The summed E-state index contributed by atoms with van der Waals surface area (Å²) in [4.78, 5) is 22.9. The largest absolute Gasteiger partial charge is 0.378 e. The molecule has 1 aliphatic heterocycles. The number of nitrogens with one attached hydrogen (secondary N) is 1. The van der Waals surface area contributed by atoms with Gasteiger partial charge in [-0.25, -0.2) is 9.97 Å². The van der Waals surface area contributed by atoms with Crippen LogP contribution in [0, 0.1) is 6.92 Å². The van der Waals surface area contributed by atoms with Crippen LogP contribution in [0.15, 0.2) is 35.1 Å². The van der Waals surface area contributed by atoms with E-state index in [4.69, 9.17) is 4.74 Å². The predicted octanol–water partition coefficient (Wildman–Crippen LogP) is 2.64. The van der Waals surface area contributed by atoms with Crippen molar-refractivity contribution in [3.8, 4) is 0 Å². The van der Waals surface area contributed by atoms with Crippen LogP contribution in [0.4, 0.5) is 11.6 Å². The van der Waals surface area contributed by atoms with Gasteiger partial charge in [0, 0.05) is 35.6 Å². The van der Waals surface area contributed by atoms with E-state index in [2.05, 4.69) is 31.2 Å². The molecular weight excluding hydrogens is 360 g/mol. The van der Waals surface area contributed by atoms with E-state index in [1.165, 1.54) is 0 Å². The van der Waals surface area contributed by atoms with Crippen molar-refractivity contribution in [2.24, 2.45) is 0 Å². The molecule has 1 amide bonds. The summed E-state index contributed by atoms with van der Waals surface area (Å²) in [6.45, 7) is 4.83. The highest BCUT2D eigenvalue weighted by Gasteiger charge is 2.15. The minimum Gasteiger partial charge on any atom is -0.378 e. The standard InChI is InChI=1S/C16H17BrN4O2/c1-11-8-13(17)2-3-14(11)20-15(22)12-9-18-16(19-10-12)21-4-6-23-7-5-21/h2-3,8-10H,4-7H2,1H3,(H,20,22). The SMILES string of the molecule is Cc1cc(Br)ccc1NC(=O)c1cnc(N2CCOCC2)nc1. The number of carbonyl (C=O) groups is 1. The maximum atomic E-state index is 12.3. The minimum absolute atomic E-state index is 0.219. The summed E-state index contributed by atoms with van der Waals surface area (Å²) in [6, 6.07) is 5.70. The van der Waals surface area contributed by atoms with E-state index in [1.54, 1.807) is 12.4 Å². The van der Waals surface area contributed by atoms with Crippen molar-refractivity contribution in [3.63, 3.8) is 0 Å². The zero-order valence-electron chi connectivity index (χ0n) is 12.8. The van der Waals surface area contributed by atoms with E-state index in [-0.39, 0.29) is 5.91 Å². The maximum Gasteiger partial charge on any atom is 0.258 e. The Kier molecular flexibility index (Phi) is 4.88. The van der Waals surface area contributed by atoms with E-state index in [0.29, 0.717) is 24.7 Å². The Balaban J connectivity index is 1.69. The number of aromatic nitrogens is 2. The highest BCUT2D eigenvalue weighted by atomic mass is 79.9. The molecule has 1 aromatic carbocycles. The first-order valence-corrected chi connectivity index (χ1v) is 8.15. The van der Waals surface area contributed by atoms with Gasteiger partial charge in [0.2, 0.25) is 5.95 Å². The summed E-state index contributed by atoms with van der Waals surface area (Å²) in [7, 11) is 0. The second-order valence-corrected chi connectivity index (χ2v) is 6.20. The second-order valence-electron chi connectivity index (χ2n) is 5.28. The number of amides is 1. The summed E-state index contributed by atoms with van der Waals surface area (Å²) < 4.78 is 6.28. The van der Waals surface area contributed by atoms with E-state index >= 15 is 0 Å². The van der Waals surface area contributed by atoms with Gasteiger partial charge in [0.25, 0.3) is 5.91 Å². The normalized spacial score (nSPS) is 14.6. The van der Waals surface area contributed by atoms with Gasteiger partial charge in [-0.2, -0.15) is 0 Å². The number of morpholine rings is 1. The molecule has 0 bridgehead atoms. The van der Waals surface area contributed by atoms with Crippen LogP contribution in [0.3, 0.4) is 0 Å². The Morgan fingerprint density at radius 3 is 2.61 bits per heavy atom. The summed E-state index contributed by atoms with van der Waals surface area (Å²) in [5.74, 6) is 0.411. The number of ether oxygens (including phenoxy) is 1. The Labute approximate surface area is 143 Å². The lowest BCUT2D eigenvalue weighted by atomic mass is 10.2. The van der Waals surface area contributed by atoms with Gasteiger partial charge < -0.3 is 15.0 Å². The average Bonchev–Trinajstić information content (AvgIpc) is 2.58. The van der Waals surface area contributed by atoms with Crippen LogP contribution in [-0.2, 0) is 4.74 Å². The zero-order chi connectivity index (χ0) is 16.2. The molecule has 0 spiro atoms. The van der Waals surface area contributed by atoms with Gasteiger partial charge in [-0.15, -0.1) is 0 Å². The summed E-state index contributed by atoms with van der Waals surface area (Å²) in [5.41, 5.74) is 2.19. The van der Waals surface area contributed by atoms with Crippen molar-refractivity contribution in [1.82, 2.24) is 9.97 Å². The summed E-state index contributed by atoms with van der Waals surface area (Å²) in [6.07, 6.45) is 3.11. The van der Waals surface area contributed by atoms with Gasteiger partial charge >= 0.3 is 0 Å². The smallest absolute Gasteiger partial charge is 0.258 e. The van der Waals surface area contributed by atoms with Gasteiger partial charge in [-0.1, -0.05) is 15.9 Å². The molecule has 120 valence electrons. The summed E-state index contributed by atoms with van der Waals surface area (Å²) in [5, 5.41) is 2.88. The van der Waals surface area contributed by atoms with Gasteiger partial charge in [0.05, 0.1) is 18.8 Å². The minimum atomic E-state index is -0.219. The lowest BCUT2D eigenvalue weighted by molar-refractivity contribution is 0.102. The molecule has 1 saturated heterocycles. The van der Waals surface area contributed by atoms with Crippen molar-refractivity contribution in [2.75, 3.05) is 36.5 Å². The van der Waals surface area contributed by atoms with Crippen molar-refractivity contribution >= 4 is 33.5 Å². The molecule has 3 rings (SSSR count). The first-order valence-electron chi connectivity index (χ1n) is 7.36. The molecule has 1 aliphatic rings. The number of anilines is 2. The monoisotopic (exact) mass is 376 g/mol. The van der Waals surface area contributed by atoms with Crippen LogP contribution in [-0.4, -0.2) is 42.2 Å². The van der Waals surface area contributed by atoms with Crippen LogP contribution >= 0.6 is 15.9 Å². The Hall–Kier alpha value is -1.99. The van der Waals surface area contributed by atoms with E-state index in [0.717, 1.165) is 28.8 Å². The molecule has 1 aromatic heterocycles. The topological polar surface area (TPSA) is 67.4 Å². The Bertz CT molecular complexity index is 700. The van der Waals surface area contributed by atoms with Crippen LogP contribution in [0.2, 0.25) is 0 Å². The number of benzene rings is 1. The van der Waals surface area contributed by atoms with Gasteiger partial charge in [0.1, 0.15) is 0 Å². The fourth-order valence-electron chi connectivity index (χ4n) is 2.33. The molecule has 6 nitrogen and oxygen atoms in total. The predicted molar refractivity (Wildman–Crippen MR) is 91.9 cm³/mol. The molecule has 0 unspecified atom stereocenters. The molecule has 7 heteroatoms. The molecule has 0 saturated carbocycles. The molecule has 0 aliphatic carbocycles. The molecule has 1 N–H and O–H groups in total. The highest BCUT2D eigenvalue weighted by Crippen LogP contribution is 2.20. The third kappa shape index (κ3) is 3.86. The fourth-order valence-corrected chi connectivity index (χ4v) is 2.80. The van der Waals surface area contributed by atoms with E-state index < -0.39 is 0 Å². The van der Waals surface area contributed by atoms with Crippen molar-refractivity contribution in [2.45, 2.75) is 6.92 Å². The quantitative estimate of drug-likeness (QED) is 0.891. The number of carbonyl (C=O) groups excluding carboxylic acids is 1. The third-order valence-electron chi connectivity index (χ3n) is 3.63. The number of aryl methyl sites for hydroxylation is 1. The van der Waals surface area contributed by atoms with Gasteiger partial charge in [-0.3, -0.25) is 4.79 Å². The fraction of sp³-hybridized carbons (Fsp3) is 0.312. The molecule has 2 aromatic rings. The van der Waals surface area contributed by atoms with Crippen molar-refractivity contribution in [1.29, 1.82) is 0 Å². The van der Waals surface area contributed by atoms with Crippen molar-refractivity contribution < 1.29 is 9.53 Å². The lowest BCUT2D eigenvalue weighted by Gasteiger charge is -2.26. The third-order valence-corrected chi connectivity index (χ3v) is 4.12. The van der Waals surface area contributed by atoms with E-state index in [1.807, 2.05) is 30.0 Å². The van der Waals surface area contributed by atoms with Gasteiger partial charge in [-0.05, 0) is 30.7 Å². The second kappa shape index (κ2) is 7.06. The van der Waals surface area contributed by atoms with Crippen LogP contribution in [0.5, 0.6) is 0 Å². The molecule has 23 heavy (non-hydrogen) atoms. The number of nitrogens with zero attached hydrogens (tertiary/aromatic N) is 3. The molecule has 0 atom stereocenters. The molecule has 1 fully saturated rings. The molecule has 2 heterocycles. The van der Waals surface area contributed by atoms with E-state index in [9.17, 15) is 4.79 Å². The van der Waals surface area contributed by atoms with Crippen LogP contribution in [0.1, 0.15) is 15.9 Å². The Morgan fingerprint density at radius 2 is 1.96 bits per heavy atom. The number of hydrogen-bond acceptors (Lipinski definition) is 5. The number of halogens is 1. The first-order chi connectivity index (χ1) is 11.1. The molecule has 0 radical (unpaired) electrons. The summed E-state index contributed by atoms with van der Waals surface area (Å²) >= 11 is 3.41. The van der Waals surface area contributed by atoms with Crippen molar-refractivity contribution in [3.05, 3.63) is 46.2 Å². The number of rotatable bonds is 3.